The molecule has 0 aromatic carbocycles. The molecule has 30 heavy (non-hydrogen) atoms. The Bertz CT molecular complexity index is 721. The molecule has 0 radical (unpaired) electrons. The maximum atomic E-state index is 12.8. The number of ether oxygens (including phenoxy) is 1. The number of rotatable bonds is 5. The number of β-lactam (4-membered cyclic amide) rings is 1. The van der Waals surface area contributed by atoms with Gasteiger partial charge >= 0.3 is 18.1 Å². The molecule has 2 rings (SSSR count). The number of nitrogens with two attached hydrogens (primary N) is 2. The predicted molar refractivity (Wildman–Crippen MR) is 106 cm³/mol. The van der Waals surface area contributed by atoms with Crippen LogP contribution in [0.4, 0.5) is 9.59 Å². The first-order valence-corrected chi connectivity index (χ1v) is 9.80. The van der Waals surface area contributed by atoms with Crippen molar-refractivity contribution in [3.05, 3.63) is 0 Å². The number of nitrogens with zero attached hydrogens (tertiary/aromatic N) is 4. The molecule has 0 aromatic heterocycles. The highest BCUT2D eigenvalue weighted by Gasteiger charge is 2.55. The second-order valence-electron chi connectivity index (χ2n) is 8.28. The third-order valence-electron chi connectivity index (χ3n) is 4.84. The Morgan fingerprint density at radius 1 is 1.13 bits per heavy atom. The number of urea groups is 1. The number of likely N-dealkylation sites (tertiary alicyclic amines) is 1. The minimum absolute atomic E-state index is 0.0768. The molecule has 12 heteroatoms. The lowest BCUT2D eigenvalue weighted by atomic mass is 9.84. The van der Waals surface area contributed by atoms with E-state index in [9.17, 15) is 24.3 Å². The summed E-state index contributed by atoms with van der Waals surface area (Å²) in [5.41, 5.74) is 9.85. The van der Waals surface area contributed by atoms with Crippen LogP contribution < -0.4 is 11.5 Å². The summed E-state index contributed by atoms with van der Waals surface area (Å²) in [6.07, 6.45) is 0.219. The summed E-state index contributed by atoms with van der Waals surface area (Å²) in [4.78, 5) is 56.4. The minimum Gasteiger partial charge on any atom is -0.480 e. The molecule has 2 fully saturated rings. The summed E-state index contributed by atoms with van der Waals surface area (Å²) in [5.74, 6) is -2.62. The molecular formula is C18H30N6O6. The van der Waals surface area contributed by atoms with Crippen LogP contribution in [0, 0.1) is 5.92 Å². The average Bonchev–Trinajstić information content (AvgIpc) is 2.63. The van der Waals surface area contributed by atoms with Crippen molar-refractivity contribution in [2.45, 2.75) is 45.3 Å². The van der Waals surface area contributed by atoms with E-state index in [1.165, 1.54) is 9.80 Å². The van der Waals surface area contributed by atoms with Gasteiger partial charge in [0, 0.05) is 32.7 Å². The quantitative estimate of drug-likeness (QED) is 0.231. The van der Waals surface area contributed by atoms with E-state index in [-0.39, 0.29) is 45.1 Å². The third-order valence-corrected chi connectivity index (χ3v) is 4.84. The summed E-state index contributed by atoms with van der Waals surface area (Å²) >= 11 is 0. The number of hydrogen-bond acceptors (Lipinski definition) is 6. The van der Waals surface area contributed by atoms with Gasteiger partial charge in [-0.05, 0) is 33.6 Å². The van der Waals surface area contributed by atoms with Gasteiger partial charge in [0.2, 0.25) is 5.91 Å². The fraction of sp³-hybridized carbons (Fsp3) is 0.722. The van der Waals surface area contributed by atoms with E-state index < -0.39 is 41.6 Å². The van der Waals surface area contributed by atoms with E-state index >= 15 is 0 Å². The number of carboxylic acids is 1. The number of hydrogen-bond donors (Lipinski definition) is 3. The maximum absolute atomic E-state index is 12.8. The third kappa shape index (κ3) is 5.51. The normalized spacial score (nSPS) is 21.7. The minimum atomic E-state index is -1.23. The van der Waals surface area contributed by atoms with Crippen molar-refractivity contribution in [3.8, 4) is 0 Å². The molecule has 0 aromatic rings. The summed E-state index contributed by atoms with van der Waals surface area (Å²) in [7, 11) is 0. The van der Waals surface area contributed by atoms with E-state index in [2.05, 4.69) is 4.99 Å². The monoisotopic (exact) mass is 426 g/mol. The zero-order valence-electron chi connectivity index (χ0n) is 17.5. The van der Waals surface area contributed by atoms with Crippen LogP contribution in [-0.4, -0.2) is 94.1 Å². The fourth-order valence-electron chi connectivity index (χ4n) is 3.40. The molecule has 2 saturated heterocycles. The van der Waals surface area contributed by atoms with Crippen molar-refractivity contribution in [2.75, 3.05) is 32.7 Å². The summed E-state index contributed by atoms with van der Waals surface area (Å²) in [5, 5.41) is 9.51. The number of guanidine groups is 1. The molecule has 5 N–H and O–H groups in total. The van der Waals surface area contributed by atoms with Crippen molar-refractivity contribution >= 4 is 30.0 Å². The molecule has 0 saturated carbocycles. The van der Waals surface area contributed by atoms with Gasteiger partial charge in [-0.1, -0.05) is 0 Å². The van der Waals surface area contributed by atoms with Gasteiger partial charge in [0.25, 0.3) is 0 Å². The average molecular weight is 426 g/mol. The van der Waals surface area contributed by atoms with Crippen LogP contribution in [0.1, 0.15) is 33.6 Å². The van der Waals surface area contributed by atoms with Gasteiger partial charge in [-0.25, -0.2) is 19.3 Å². The fourth-order valence-corrected chi connectivity index (χ4v) is 3.40. The Hall–Kier alpha value is -3.05. The van der Waals surface area contributed by atoms with Crippen LogP contribution in [0.2, 0.25) is 0 Å². The molecule has 2 aliphatic rings. The van der Waals surface area contributed by atoms with Crippen molar-refractivity contribution in [3.63, 3.8) is 0 Å². The van der Waals surface area contributed by atoms with E-state index in [0.29, 0.717) is 6.42 Å². The molecule has 12 nitrogen and oxygen atoms in total. The molecule has 0 bridgehead atoms. The highest BCUT2D eigenvalue weighted by Crippen LogP contribution is 2.32. The molecule has 2 atom stereocenters. The lowest BCUT2D eigenvalue weighted by Crippen LogP contribution is -2.69. The Morgan fingerprint density at radius 3 is 2.20 bits per heavy atom. The highest BCUT2D eigenvalue weighted by molar-refractivity contribution is 6.07. The van der Waals surface area contributed by atoms with Gasteiger partial charge in [-0.2, -0.15) is 0 Å². The van der Waals surface area contributed by atoms with Crippen LogP contribution in [0.25, 0.3) is 0 Å². The zero-order valence-corrected chi connectivity index (χ0v) is 17.5. The van der Waals surface area contributed by atoms with E-state index in [1.807, 2.05) is 0 Å². The second-order valence-corrected chi connectivity index (χ2v) is 8.28. The van der Waals surface area contributed by atoms with Crippen LogP contribution in [0.5, 0.6) is 0 Å². The Balaban J connectivity index is 1.92. The maximum Gasteiger partial charge on any atom is 0.410 e. The number of piperazine rings is 1. The Morgan fingerprint density at radius 2 is 1.70 bits per heavy atom. The molecule has 168 valence electrons. The molecule has 4 amide bonds. The predicted octanol–water partition coefficient (Wildman–Crippen LogP) is -0.376. The number of aliphatic carboxylic acids is 1. The van der Waals surface area contributed by atoms with Gasteiger partial charge in [0.15, 0.2) is 12.0 Å². The largest absolute Gasteiger partial charge is 0.480 e. The highest BCUT2D eigenvalue weighted by atomic mass is 16.6. The molecule has 2 aliphatic heterocycles. The van der Waals surface area contributed by atoms with Crippen LogP contribution in [0.15, 0.2) is 4.99 Å². The first-order valence-electron chi connectivity index (χ1n) is 9.80. The van der Waals surface area contributed by atoms with Crippen LogP contribution in [-0.2, 0) is 14.3 Å². The van der Waals surface area contributed by atoms with Gasteiger partial charge in [-0.3, -0.25) is 9.79 Å². The number of aliphatic imine (C=N–C) groups is 1. The van der Waals surface area contributed by atoms with E-state index in [1.54, 1.807) is 20.8 Å². The number of carbonyl (C=O) groups is 4. The van der Waals surface area contributed by atoms with Gasteiger partial charge in [0.05, 0.1) is 5.92 Å². The first kappa shape index (κ1) is 23.2. The summed E-state index contributed by atoms with van der Waals surface area (Å²) in [6, 6.07) is -1.87. The second kappa shape index (κ2) is 9.18. The SMILES string of the molecule is CC(C)(C)OC(=O)N1CCN(C(=O)N2C(=O)[C@H](CCCN=C(N)N)[C@H]2C(=O)O)CC1. The van der Waals surface area contributed by atoms with Crippen molar-refractivity contribution in [1.29, 1.82) is 0 Å². The Labute approximate surface area is 174 Å². The van der Waals surface area contributed by atoms with Gasteiger partial charge in [-0.15, -0.1) is 0 Å². The lowest BCUT2D eigenvalue weighted by Gasteiger charge is -2.46. The van der Waals surface area contributed by atoms with Gasteiger partial charge in [0.1, 0.15) is 5.60 Å². The van der Waals surface area contributed by atoms with Crippen molar-refractivity contribution in [2.24, 2.45) is 22.4 Å². The van der Waals surface area contributed by atoms with Crippen LogP contribution >= 0.6 is 0 Å². The van der Waals surface area contributed by atoms with Crippen LogP contribution in [0.3, 0.4) is 0 Å². The van der Waals surface area contributed by atoms with E-state index in [0.717, 1.165) is 4.90 Å². The smallest absolute Gasteiger partial charge is 0.410 e. The summed E-state index contributed by atoms with van der Waals surface area (Å²) < 4.78 is 5.31. The lowest BCUT2D eigenvalue weighted by molar-refractivity contribution is -0.167. The molecule has 0 aliphatic carbocycles. The number of imide groups is 1. The Kier molecular flexibility index (Phi) is 7.11. The van der Waals surface area contributed by atoms with Crippen molar-refractivity contribution < 1.29 is 29.0 Å². The number of amides is 4. The number of carboxylic acid groups (broad SMARTS) is 1. The van der Waals surface area contributed by atoms with Crippen molar-refractivity contribution in [1.82, 2.24) is 14.7 Å². The zero-order chi connectivity index (χ0) is 22.6. The van der Waals surface area contributed by atoms with Gasteiger partial charge < -0.3 is 31.1 Å². The van der Waals surface area contributed by atoms with E-state index in [4.69, 9.17) is 16.2 Å². The molecular weight excluding hydrogens is 396 g/mol. The first-order chi connectivity index (χ1) is 13.9. The number of carbonyl (C=O) groups excluding carboxylic acids is 3. The molecule has 0 spiro atoms. The molecule has 2 heterocycles. The topological polar surface area (TPSA) is 172 Å². The standard InChI is InChI=1S/C18H30N6O6/c1-18(2,3)30-17(29)23-9-7-22(8-10-23)16(28)24-12(14(26)27)11(13(24)25)5-4-6-21-15(19)20/h11-12H,4-10H2,1-3H3,(H,26,27)(H4,19,20,21)/t11-,12+/m1/s1. The molecule has 0 unspecified atom stereocenters. The summed E-state index contributed by atoms with van der Waals surface area (Å²) in [6.45, 7) is 6.41.